The molecule has 0 bridgehead atoms. The zero-order valence-electron chi connectivity index (χ0n) is 10.7. The summed E-state index contributed by atoms with van der Waals surface area (Å²) in [6, 6.07) is 4.10. The summed E-state index contributed by atoms with van der Waals surface area (Å²) in [4.78, 5) is 4.43. The Kier molecular flexibility index (Phi) is 2.84. The molecule has 2 aromatic rings. The molecule has 0 aliphatic heterocycles. The second kappa shape index (κ2) is 4.37. The average molecular weight is 245 g/mol. The van der Waals surface area contributed by atoms with E-state index in [0.717, 1.165) is 37.1 Å². The fraction of sp³-hybridized carbons (Fsp3) is 0.500. The van der Waals surface area contributed by atoms with E-state index in [1.54, 1.807) is 0 Å². The van der Waals surface area contributed by atoms with Crippen molar-refractivity contribution < 1.29 is 5.11 Å². The van der Waals surface area contributed by atoms with Gasteiger partial charge in [-0.3, -0.25) is 0 Å². The molecule has 3 rings (SSSR count). The predicted octanol–water partition coefficient (Wildman–Crippen LogP) is 1.65. The number of hydrogen-bond acceptors (Lipinski definition) is 3. The van der Waals surface area contributed by atoms with Gasteiger partial charge < -0.3 is 14.8 Å². The van der Waals surface area contributed by atoms with E-state index in [0.29, 0.717) is 6.54 Å². The number of pyridine rings is 1. The molecular formula is C14H19N3O. The molecule has 4 heteroatoms. The molecule has 0 saturated heterocycles. The van der Waals surface area contributed by atoms with E-state index in [-0.39, 0.29) is 0 Å². The Morgan fingerprint density at radius 3 is 3.06 bits per heavy atom. The van der Waals surface area contributed by atoms with Crippen LogP contribution in [0.3, 0.4) is 0 Å². The molecule has 18 heavy (non-hydrogen) atoms. The van der Waals surface area contributed by atoms with Gasteiger partial charge in [-0.25, -0.2) is 4.98 Å². The minimum absolute atomic E-state index is 0.462. The molecule has 0 amide bonds. The molecule has 0 spiro atoms. The van der Waals surface area contributed by atoms with Gasteiger partial charge in [-0.05, 0) is 37.8 Å². The molecule has 4 nitrogen and oxygen atoms in total. The van der Waals surface area contributed by atoms with E-state index < -0.39 is 5.60 Å². The molecule has 1 aliphatic carbocycles. The Hall–Kier alpha value is -1.39. The summed E-state index contributed by atoms with van der Waals surface area (Å²) in [6.45, 7) is 3.48. The van der Waals surface area contributed by atoms with Crippen molar-refractivity contribution in [1.82, 2.24) is 14.7 Å². The predicted molar refractivity (Wildman–Crippen MR) is 70.4 cm³/mol. The number of fused-ring (bicyclic) bond motifs is 1. The highest BCUT2D eigenvalue weighted by atomic mass is 16.3. The van der Waals surface area contributed by atoms with Gasteiger partial charge in [-0.2, -0.15) is 0 Å². The number of hydrogen-bond donors (Lipinski definition) is 2. The number of aryl methyl sites for hydroxylation is 1. The van der Waals surface area contributed by atoms with Crippen LogP contribution in [0, 0.1) is 6.92 Å². The average Bonchev–Trinajstić information content (AvgIpc) is 2.72. The summed E-state index contributed by atoms with van der Waals surface area (Å²) < 4.78 is 2.10. The first-order chi connectivity index (χ1) is 8.68. The van der Waals surface area contributed by atoms with Crippen molar-refractivity contribution in [2.75, 3.05) is 6.54 Å². The number of imidazole rings is 1. The molecule has 1 fully saturated rings. The van der Waals surface area contributed by atoms with Gasteiger partial charge in [0.1, 0.15) is 5.65 Å². The number of aromatic nitrogens is 2. The summed E-state index contributed by atoms with van der Waals surface area (Å²) in [5.74, 6) is 0. The van der Waals surface area contributed by atoms with Crippen molar-refractivity contribution in [3.8, 4) is 0 Å². The fourth-order valence-corrected chi connectivity index (χ4v) is 2.52. The minimum Gasteiger partial charge on any atom is -0.389 e. The highest BCUT2D eigenvalue weighted by molar-refractivity contribution is 5.48. The third-order valence-corrected chi connectivity index (χ3v) is 3.85. The van der Waals surface area contributed by atoms with Gasteiger partial charge in [-0.15, -0.1) is 0 Å². The van der Waals surface area contributed by atoms with Gasteiger partial charge >= 0.3 is 0 Å². The third-order valence-electron chi connectivity index (χ3n) is 3.85. The molecule has 1 aliphatic rings. The molecular weight excluding hydrogens is 226 g/mol. The smallest absolute Gasteiger partial charge is 0.139 e. The summed E-state index contributed by atoms with van der Waals surface area (Å²) in [5.41, 5.74) is 2.87. The highest BCUT2D eigenvalue weighted by Gasteiger charge is 2.33. The van der Waals surface area contributed by atoms with Crippen molar-refractivity contribution in [1.29, 1.82) is 0 Å². The van der Waals surface area contributed by atoms with Crippen LogP contribution in [0.4, 0.5) is 0 Å². The molecule has 2 N–H and O–H groups in total. The van der Waals surface area contributed by atoms with Crippen LogP contribution in [0.2, 0.25) is 0 Å². The quantitative estimate of drug-likeness (QED) is 0.861. The van der Waals surface area contributed by atoms with Crippen molar-refractivity contribution >= 4 is 5.65 Å². The molecule has 2 heterocycles. The summed E-state index contributed by atoms with van der Waals surface area (Å²) >= 11 is 0. The monoisotopic (exact) mass is 245 g/mol. The standard InChI is InChI=1S/C14H19N3O/c1-11-4-2-7-17-12(9-16-13(11)17)8-15-10-14(18)5-3-6-14/h2,4,7,9,15,18H,3,5-6,8,10H2,1H3. The Balaban J connectivity index is 1.69. The van der Waals surface area contributed by atoms with Gasteiger partial charge in [0.05, 0.1) is 17.5 Å². The first kappa shape index (κ1) is 11.7. The molecule has 0 radical (unpaired) electrons. The summed E-state index contributed by atoms with van der Waals surface area (Å²) in [5, 5.41) is 13.3. The lowest BCUT2D eigenvalue weighted by atomic mass is 9.80. The van der Waals surface area contributed by atoms with Crippen LogP contribution in [-0.2, 0) is 6.54 Å². The normalized spacial score (nSPS) is 17.9. The SMILES string of the molecule is Cc1cccn2c(CNCC3(O)CCC3)cnc12. The number of rotatable bonds is 4. The van der Waals surface area contributed by atoms with Gasteiger partial charge in [0.2, 0.25) is 0 Å². The molecule has 1 saturated carbocycles. The maximum Gasteiger partial charge on any atom is 0.139 e. The van der Waals surface area contributed by atoms with Gasteiger partial charge in [0.15, 0.2) is 0 Å². The highest BCUT2D eigenvalue weighted by Crippen LogP contribution is 2.30. The van der Waals surface area contributed by atoms with E-state index in [2.05, 4.69) is 27.7 Å². The molecule has 2 aromatic heterocycles. The molecule has 0 unspecified atom stereocenters. The second-order valence-electron chi connectivity index (χ2n) is 5.32. The van der Waals surface area contributed by atoms with Crippen LogP contribution in [0.1, 0.15) is 30.5 Å². The fourth-order valence-electron chi connectivity index (χ4n) is 2.52. The Labute approximate surface area is 107 Å². The van der Waals surface area contributed by atoms with Crippen molar-refractivity contribution in [3.05, 3.63) is 35.8 Å². The summed E-state index contributed by atoms with van der Waals surface area (Å²) in [6.07, 6.45) is 6.93. The van der Waals surface area contributed by atoms with Crippen LogP contribution in [0.5, 0.6) is 0 Å². The van der Waals surface area contributed by atoms with E-state index in [9.17, 15) is 5.11 Å². The van der Waals surface area contributed by atoms with Crippen LogP contribution in [0.15, 0.2) is 24.5 Å². The Morgan fingerprint density at radius 2 is 2.33 bits per heavy atom. The van der Waals surface area contributed by atoms with Crippen molar-refractivity contribution in [2.45, 2.75) is 38.3 Å². The van der Waals surface area contributed by atoms with Crippen LogP contribution < -0.4 is 5.32 Å². The summed E-state index contributed by atoms with van der Waals surface area (Å²) in [7, 11) is 0. The van der Waals surface area contributed by atoms with Gasteiger partial charge in [0.25, 0.3) is 0 Å². The van der Waals surface area contributed by atoms with E-state index in [1.807, 2.05) is 18.5 Å². The third kappa shape index (κ3) is 2.02. The minimum atomic E-state index is -0.462. The molecule has 0 atom stereocenters. The Morgan fingerprint density at radius 1 is 1.50 bits per heavy atom. The maximum absolute atomic E-state index is 10.0. The molecule has 0 aromatic carbocycles. The van der Waals surface area contributed by atoms with E-state index >= 15 is 0 Å². The largest absolute Gasteiger partial charge is 0.389 e. The first-order valence-corrected chi connectivity index (χ1v) is 6.53. The van der Waals surface area contributed by atoms with Crippen LogP contribution >= 0.6 is 0 Å². The lowest BCUT2D eigenvalue weighted by Gasteiger charge is -2.36. The topological polar surface area (TPSA) is 49.6 Å². The van der Waals surface area contributed by atoms with E-state index in [1.165, 1.54) is 5.56 Å². The zero-order chi connectivity index (χ0) is 12.6. The van der Waals surface area contributed by atoms with E-state index in [4.69, 9.17) is 0 Å². The zero-order valence-corrected chi connectivity index (χ0v) is 10.7. The van der Waals surface area contributed by atoms with Crippen molar-refractivity contribution in [3.63, 3.8) is 0 Å². The second-order valence-corrected chi connectivity index (χ2v) is 5.32. The first-order valence-electron chi connectivity index (χ1n) is 6.53. The molecule has 96 valence electrons. The van der Waals surface area contributed by atoms with Crippen LogP contribution in [-0.4, -0.2) is 26.6 Å². The lowest BCUT2D eigenvalue weighted by Crippen LogP contribution is -2.46. The Bertz CT molecular complexity index is 557. The number of nitrogens with one attached hydrogen (secondary N) is 1. The number of nitrogens with zero attached hydrogens (tertiary/aromatic N) is 2. The lowest BCUT2D eigenvalue weighted by molar-refractivity contribution is -0.0315. The van der Waals surface area contributed by atoms with Crippen LogP contribution in [0.25, 0.3) is 5.65 Å². The van der Waals surface area contributed by atoms with Gasteiger partial charge in [0, 0.05) is 19.3 Å². The van der Waals surface area contributed by atoms with Crippen molar-refractivity contribution in [2.24, 2.45) is 0 Å². The number of aliphatic hydroxyl groups is 1. The van der Waals surface area contributed by atoms with Gasteiger partial charge in [-0.1, -0.05) is 6.07 Å². The maximum atomic E-state index is 10.0.